The van der Waals surface area contributed by atoms with Crippen molar-refractivity contribution in [1.82, 2.24) is 9.96 Å². The fourth-order valence-electron chi connectivity index (χ4n) is 1.71. The van der Waals surface area contributed by atoms with Crippen LogP contribution in [0.4, 0.5) is 0 Å². The molecule has 1 aliphatic heterocycles. The number of carbonyl (C=O) groups excluding carboxylic acids is 1. The summed E-state index contributed by atoms with van der Waals surface area (Å²) >= 11 is 0. The number of nitrogens with two attached hydrogens (primary N) is 2. The zero-order valence-corrected chi connectivity index (χ0v) is 9.64. The number of hydrogen-bond donors (Lipinski definition) is 5. The summed E-state index contributed by atoms with van der Waals surface area (Å²) in [5.74, 6) is -1.39. The number of nitrogens with zero attached hydrogens (tertiary/aromatic N) is 3. The lowest BCUT2D eigenvalue weighted by atomic mass is 10.2. The molecule has 10 nitrogen and oxygen atoms in total. The molecular formula is C8H17N5O5. The van der Waals surface area contributed by atoms with Crippen LogP contribution in [0.15, 0.2) is 0 Å². The largest absolute Gasteiger partial charge is 0.714 e. The van der Waals surface area contributed by atoms with Crippen molar-refractivity contribution in [2.24, 2.45) is 11.5 Å². The van der Waals surface area contributed by atoms with Crippen LogP contribution in [0.25, 0.3) is 0 Å². The minimum atomic E-state index is -1.60. The standard InChI is InChI=1S/C8H17N5O5/c9-5-7(11(1-3-14)2-4-15)13(18)8(16)6(10)12(5)17/h6-7,14-15,18H,1-4,9-10H2. The Hall–Kier alpha value is -1.46. The van der Waals surface area contributed by atoms with Gasteiger partial charge in [-0.2, -0.15) is 5.06 Å². The Morgan fingerprint density at radius 3 is 2.33 bits per heavy atom. The molecule has 1 amide bonds. The Labute approximate surface area is 103 Å². The molecule has 0 spiro atoms. The summed E-state index contributed by atoms with van der Waals surface area (Å²) < 4.78 is 0.0987. The van der Waals surface area contributed by atoms with Gasteiger partial charge in [0.15, 0.2) is 0 Å². The predicted molar refractivity (Wildman–Crippen MR) is 59.0 cm³/mol. The quantitative estimate of drug-likeness (QED) is 0.190. The van der Waals surface area contributed by atoms with Crippen molar-refractivity contribution in [3.63, 3.8) is 0 Å². The molecule has 0 aromatic carbocycles. The highest BCUT2D eigenvalue weighted by Gasteiger charge is 2.43. The zero-order chi connectivity index (χ0) is 13.9. The first-order valence-electron chi connectivity index (χ1n) is 5.27. The van der Waals surface area contributed by atoms with E-state index in [1.807, 2.05) is 0 Å². The number of hydrogen-bond acceptors (Lipinski definition) is 8. The molecule has 0 aliphatic carbocycles. The third-order valence-electron chi connectivity index (χ3n) is 2.60. The smallest absolute Gasteiger partial charge is 0.309 e. The number of rotatable bonds is 5. The first-order valence-corrected chi connectivity index (χ1v) is 5.27. The van der Waals surface area contributed by atoms with Gasteiger partial charge in [0.05, 0.1) is 13.2 Å². The highest BCUT2D eigenvalue weighted by molar-refractivity contribution is 5.91. The number of amides is 1. The third kappa shape index (κ3) is 2.52. The maximum atomic E-state index is 11.5. The molecule has 2 unspecified atom stereocenters. The Balaban J connectivity index is 3.06. The van der Waals surface area contributed by atoms with Gasteiger partial charge in [-0.25, -0.2) is 4.74 Å². The lowest BCUT2D eigenvalue weighted by molar-refractivity contribution is -0.501. The first kappa shape index (κ1) is 14.6. The number of aliphatic hydroxyl groups excluding tert-OH is 2. The van der Waals surface area contributed by atoms with E-state index in [0.717, 1.165) is 0 Å². The lowest BCUT2D eigenvalue weighted by Crippen LogP contribution is -2.68. The third-order valence-corrected chi connectivity index (χ3v) is 2.60. The summed E-state index contributed by atoms with van der Waals surface area (Å²) in [4.78, 5) is 12.8. The minimum absolute atomic E-state index is 0.0132. The van der Waals surface area contributed by atoms with Crippen LogP contribution in [0.1, 0.15) is 0 Å². The maximum Gasteiger partial charge on any atom is 0.309 e. The van der Waals surface area contributed by atoms with Crippen LogP contribution in [0.2, 0.25) is 0 Å². The summed E-state index contributed by atoms with van der Waals surface area (Å²) in [6.07, 6.45) is -2.86. The van der Waals surface area contributed by atoms with Crippen molar-refractivity contribution in [3.05, 3.63) is 5.21 Å². The number of amidine groups is 1. The Morgan fingerprint density at radius 2 is 1.89 bits per heavy atom. The summed E-state index contributed by atoms with van der Waals surface area (Å²) in [6, 6.07) is 0. The van der Waals surface area contributed by atoms with Gasteiger partial charge in [-0.1, -0.05) is 0 Å². The summed E-state index contributed by atoms with van der Waals surface area (Å²) in [7, 11) is 0. The van der Waals surface area contributed by atoms with Crippen LogP contribution < -0.4 is 11.5 Å². The van der Waals surface area contributed by atoms with Crippen molar-refractivity contribution < 1.29 is 25.0 Å². The summed E-state index contributed by atoms with van der Waals surface area (Å²) in [5.41, 5.74) is 10.8. The molecule has 1 aliphatic rings. The Bertz CT molecular complexity index is 343. The average Bonchev–Trinajstić information content (AvgIpc) is 2.35. The minimum Gasteiger partial charge on any atom is -0.714 e. The Kier molecular flexibility index (Phi) is 4.81. The van der Waals surface area contributed by atoms with E-state index in [-0.39, 0.29) is 41.9 Å². The van der Waals surface area contributed by atoms with E-state index in [1.54, 1.807) is 0 Å². The number of aliphatic hydroxyl groups is 2. The molecule has 1 heterocycles. The molecule has 10 heteroatoms. The molecule has 0 radical (unpaired) electrons. The average molecular weight is 263 g/mol. The van der Waals surface area contributed by atoms with Gasteiger partial charge in [-0.05, 0) is 0 Å². The molecule has 1 rings (SSSR count). The molecule has 7 N–H and O–H groups in total. The molecular weight excluding hydrogens is 246 g/mol. The van der Waals surface area contributed by atoms with Crippen LogP contribution in [-0.2, 0) is 4.79 Å². The van der Waals surface area contributed by atoms with Crippen molar-refractivity contribution in [3.8, 4) is 0 Å². The van der Waals surface area contributed by atoms with E-state index in [2.05, 4.69) is 0 Å². The van der Waals surface area contributed by atoms with Gasteiger partial charge in [-0.3, -0.25) is 26.4 Å². The van der Waals surface area contributed by atoms with E-state index in [0.29, 0.717) is 0 Å². The molecule has 0 saturated heterocycles. The molecule has 104 valence electrons. The van der Waals surface area contributed by atoms with Crippen LogP contribution in [0.5, 0.6) is 0 Å². The van der Waals surface area contributed by atoms with Gasteiger partial charge in [-0.15, -0.1) is 0 Å². The lowest BCUT2D eigenvalue weighted by Gasteiger charge is -2.38. The molecule has 0 aromatic rings. The van der Waals surface area contributed by atoms with Gasteiger partial charge in [0.2, 0.25) is 12.3 Å². The second-order valence-corrected chi connectivity index (χ2v) is 3.74. The zero-order valence-electron chi connectivity index (χ0n) is 9.64. The molecule has 0 saturated carbocycles. The van der Waals surface area contributed by atoms with Crippen LogP contribution in [0.3, 0.4) is 0 Å². The van der Waals surface area contributed by atoms with E-state index in [4.69, 9.17) is 21.7 Å². The molecule has 0 bridgehead atoms. The van der Waals surface area contributed by atoms with Crippen LogP contribution >= 0.6 is 0 Å². The highest BCUT2D eigenvalue weighted by atomic mass is 16.5. The number of hydroxylamine groups is 3. The van der Waals surface area contributed by atoms with Crippen molar-refractivity contribution in [2.45, 2.75) is 12.3 Å². The van der Waals surface area contributed by atoms with E-state index in [9.17, 15) is 15.2 Å². The molecule has 0 aromatic heterocycles. The highest BCUT2D eigenvalue weighted by Crippen LogP contribution is 2.11. The predicted octanol–water partition coefficient (Wildman–Crippen LogP) is -4.02. The second kappa shape index (κ2) is 5.93. The van der Waals surface area contributed by atoms with Gasteiger partial charge in [0.1, 0.15) is 0 Å². The topological polar surface area (TPSA) is 162 Å². The van der Waals surface area contributed by atoms with Gasteiger partial charge in [0.25, 0.3) is 5.84 Å². The van der Waals surface area contributed by atoms with Crippen LogP contribution in [0, 0.1) is 5.21 Å². The Morgan fingerprint density at radius 1 is 1.39 bits per heavy atom. The van der Waals surface area contributed by atoms with E-state index >= 15 is 0 Å². The van der Waals surface area contributed by atoms with Crippen molar-refractivity contribution in [1.29, 1.82) is 0 Å². The summed E-state index contributed by atoms with van der Waals surface area (Å²) in [5, 5.41) is 39.2. The number of carbonyl (C=O) groups is 1. The monoisotopic (exact) mass is 263 g/mol. The van der Waals surface area contributed by atoms with Crippen molar-refractivity contribution >= 4 is 11.7 Å². The van der Waals surface area contributed by atoms with E-state index < -0.39 is 18.2 Å². The summed E-state index contributed by atoms with van der Waals surface area (Å²) in [6.45, 7) is -0.563. The fourth-order valence-corrected chi connectivity index (χ4v) is 1.71. The fraction of sp³-hybridized carbons (Fsp3) is 0.750. The van der Waals surface area contributed by atoms with Gasteiger partial charge < -0.3 is 15.4 Å². The van der Waals surface area contributed by atoms with E-state index in [1.165, 1.54) is 4.90 Å². The van der Waals surface area contributed by atoms with Crippen LogP contribution in [-0.4, -0.2) is 80.5 Å². The first-order chi connectivity index (χ1) is 8.45. The van der Waals surface area contributed by atoms with Gasteiger partial charge in [0, 0.05) is 13.1 Å². The second-order valence-electron chi connectivity index (χ2n) is 3.74. The van der Waals surface area contributed by atoms with Gasteiger partial charge >= 0.3 is 5.91 Å². The molecule has 0 fully saturated rings. The van der Waals surface area contributed by atoms with Crippen molar-refractivity contribution in [2.75, 3.05) is 26.3 Å². The maximum absolute atomic E-state index is 11.5. The molecule has 2 atom stereocenters. The molecule has 18 heavy (non-hydrogen) atoms. The SMILES string of the molecule is NC1=[N+]([O-])C(N)C(=O)N(O)C1N(CCO)CCO. The normalized spacial score (nSPS) is 25.2.